The third-order valence-corrected chi connectivity index (χ3v) is 6.37. The van der Waals surface area contributed by atoms with Crippen LogP contribution in [0, 0.1) is 0 Å². The van der Waals surface area contributed by atoms with Crippen molar-refractivity contribution in [1.82, 2.24) is 9.47 Å². The van der Waals surface area contributed by atoms with Crippen LogP contribution in [0.25, 0.3) is 21.5 Å². The molecule has 7 heteroatoms. The van der Waals surface area contributed by atoms with Gasteiger partial charge in [-0.2, -0.15) is 0 Å². The van der Waals surface area contributed by atoms with Crippen molar-refractivity contribution < 1.29 is 14.3 Å². The number of benzene rings is 2. The van der Waals surface area contributed by atoms with Crippen LogP contribution in [0.3, 0.4) is 0 Å². The van der Waals surface area contributed by atoms with E-state index >= 15 is 0 Å². The molecule has 166 valence electrons. The summed E-state index contributed by atoms with van der Waals surface area (Å²) in [5.74, 6) is 0.695. The van der Waals surface area contributed by atoms with Crippen LogP contribution in [-0.2, 0) is 18.3 Å². The van der Waals surface area contributed by atoms with E-state index in [1.165, 1.54) is 4.88 Å². The molecular formula is C25H27N3O3S. The highest BCUT2D eigenvalue weighted by Gasteiger charge is 2.22. The number of ether oxygens (including phenoxy) is 2. The van der Waals surface area contributed by atoms with Gasteiger partial charge in [-0.05, 0) is 29.6 Å². The highest BCUT2D eigenvalue weighted by molar-refractivity contribution is 7.13. The molecule has 0 unspecified atom stereocenters. The summed E-state index contributed by atoms with van der Waals surface area (Å²) in [5.41, 5.74) is 4.10. The fourth-order valence-electron chi connectivity index (χ4n) is 3.91. The molecule has 2 amide bonds. The Morgan fingerprint density at radius 2 is 1.94 bits per heavy atom. The smallest absolute Gasteiger partial charge is 0.322 e. The quantitative estimate of drug-likeness (QED) is 0.381. The second kappa shape index (κ2) is 9.89. The Bertz CT molecular complexity index is 1200. The molecule has 0 bridgehead atoms. The Labute approximate surface area is 192 Å². The van der Waals surface area contributed by atoms with Crippen molar-refractivity contribution in [1.29, 1.82) is 0 Å². The third-order valence-electron chi connectivity index (χ3n) is 5.49. The lowest BCUT2D eigenvalue weighted by Crippen LogP contribution is -2.37. The summed E-state index contributed by atoms with van der Waals surface area (Å²) in [4.78, 5) is 16.3. The first-order chi connectivity index (χ1) is 15.6. The highest BCUT2D eigenvalue weighted by atomic mass is 32.1. The molecule has 32 heavy (non-hydrogen) atoms. The number of nitrogens with one attached hydrogen (secondary N) is 1. The van der Waals surface area contributed by atoms with Gasteiger partial charge in [0.25, 0.3) is 0 Å². The summed E-state index contributed by atoms with van der Waals surface area (Å²) in [6, 6.07) is 19.7. The lowest BCUT2D eigenvalue weighted by atomic mass is 10.1. The van der Waals surface area contributed by atoms with E-state index in [4.69, 9.17) is 9.47 Å². The Morgan fingerprint density at radius 3 is 2.69 bits per heavy atom. The zero-order valence-corrected chi connectivity index (χ0v) is 19.3. The Hall–Kier alpha value is -3.29. The summed E-state index contributed by atoms with van der Waals surface area (Å²) in [6.07, 6.45) is 0. The topological polar surface area (TPSA) is 55.7 Å². The fourth-order valence-corrected chi connectivity index (χ4v) is 4.74. The first kappa shape index (κ1) is 21.9. The summed E-state index contributed by atoms with van der Waals surface area (Å²) in [6.45, 7) is 1.39. The normalized spacial score (nSPS) is 11.0. The first-order valence-electron chi connectivity index (χ1n) is 10.4. The van der Waals surface area contributed by atoms with E-state index in [0.29, 0.717) is 31.1 Å². The molecule has 0 aliphatic carbocycles. The number of thiophene rings is 1. The summed E-state index contributed by atoms with van der Waals surface area (Å²) < 4.78 is 12.8. The molecule has 0 aliphatic rings. The summed E-state index contributed by atoms with van der Waals surface area (Å²) in [5, 5.41) is 6.23. The molecule has 2 aromatic heterocycles. The SMILES string of the molecule is COCCN(Cc1c(-c2cccs2)n(C)c2ccccc12)C(=O)Nc1cccc(OC)c1. The minimum absolute atomic E-state index is 0.180. The Morgan fingerprint density at radius 1 is 1.09 bits per heavy atom. The Kier molecular flexibility index (Phi) is 6.78. The van der Waals surface area contributed by atoms with Crippen molar-refractivity contribution in [3.63, 3.8) is 0 Å². The van der Waals surface area contributed by atoms with Gasteiger partial charge in [0.1, 0.15) is 5.75 Å². The number of rotatable bonds is 8. The standard InChI is InChI=1S/C25H27N3O3S/c1-27-22-11-5-4-10-20(22)21(24(27)23-12-7-15-32-23)17-28(13-14-30-2)25(29)26-18-8-6-9-19(16-18)31-3/h4-12,15-16H,13-14,17H2,1-3H3,(H,26,29). The molecule has 2 heterocycles. The van der Waals surface area contributed by atoms with Crippen LogP contribution in [0.2, 0.25) is 0 Å². The van der Waals surface area contributed by atoms with Crippen molar-refractivity contribution in [3.05, 3.63) is 71.6 Å². The van der Waals surface area contributed by atoms with Gasteiger partial charge < -0.3 is 24.3 Å². The largest absolute Gasteiger partial charge is 0.497 e. The van der Waals surface area contributed by atoms with Crippen LogP contribution in [0.5, 0.6) is 5.75 Å². The fraction of sp³-hybridized carbons (Fsp3) is 0.240. The van der Waals surface area contributed by atoms with Gasteiger partial charge in [0.15, 0.2) is 0 Å². The maximum atomic E-state index is 13.3. The van der Waals surface area contributed by atoms with Crippen molar-refractivity contribution >= 4 is 34.0 Å². The van der Waals surface area contributed by atoms with Gasteiger partial charge in [0.05, 0.1) is 30.8 Å². The number of nitrogens with zero attached hydrogens (tertiary/aromatic N) is 2. The number of para-hydroxylation sites is 1. The summed E-state index contributed by atoms with van der Waals surface area (Å²) in [7, 11) is 5.34. The van der Waals surface area contributed by atoms with Crippen LogP contribution in [-0.4, -0.2) is 42.9 Å². The molecule has 6 nitrogen and oxygen atoms in total. The molecule has 0 saturated heterocycles. The average Bonchev–Trinajstić information content (AvgIpc) is 3.43. The number of carbonyl (C=O) groups excluding carboxylic acids is 1. The molecule has 0 radical (unpaired) electrons. The lowest BCUT2D eigenvalue weighted by molar-refractivity contribution is 0.153. The minimum atomic E-state index is -0.180. The maximum Gasteiger partial charge on any atom is 0.322 e. The number of fused-ring (bicyclic) bond motifs is 1. The zero-order chi connectivity index (χ0) is 22.5. The number of aromatic nitrogens is 1. The number of methoxy groups -OCH3 is 2. The van der Waals surface area contributed by atoms with Crippen LogP contribution in [0.1, 0.15) is 5.56 Å². The molecule has 0 saturated carbocycles. The van der Waals surface area contributed by atoms with E-state index in [1.54, 1.807) is 36.5 Å². The molecule has 4 aromatic rings. The average molecular weight is 450 g/mol. The molecule has 0 aliphatic heterocycles. The van der Waals surface area contributed by atoms with Crippen molar-refractivity contribution in [2.75, 3.05) is 32.7 Å². The minimum Gasteiger partial charge on any atom is -0.497 e. The van der Waals surface area contributed by atoms with Crippen LogP contribution in [0.15, 0.2) is 66.0 Å². The van der Waals surface area contributed by atoms with Crippen LogP contribution < -0.4 is 10.1 Å². The van der Waals surface area contributed by atoms with E-state index in [9.17, 15) is 4.79 Å². The Balaban J connectivity index is 1.70. The van der Waals surface area contributed by atoms with Crippen molar-refractivity contribution in [3.8, 4) is 16.3 Å². The number of carbonyl (C=O) groups is 1. The zero-order valence-electron chi connectivity index (χ0n) is 18.5. The first-order valence-corrected chi connectivity index (χ1v) is 11.3. The van der Waals surface area contributed by atoms with Gasteiger partial charge in [-0.15, -0.1) is 11.3 Å². The van der Waals surface area contributed by atoms with Gasteiger partial charge in [0, 0.05) is 48.9 Å². The van der Waals surface area contributed by atoms with Crippen molar-refractivity contribution in [2.24, 2.45) is 7.05 Å². The molecule has 0 fully saturated rings. The van der Waals surface area contributed by atoms with E-state index in [2.05, 4.69) is 46.6 Å². The van der Waals surface area contributed by atoms with E-state index in [0.717, 1.165) is 22.2 Å². The number of aryl methyl sites for hydroxylation is 1. The van der Waals surface area contributed by atoms with Crippen molar-refractivity contribution in [2.45, 2.75) is 6.54 Å². The van der Waals surface area contributed by atoms with Gasteiger partial charge in [-0.25, -0.2) is 4.79 Å². The molecule has 4 rings (SSSR count). The maximum absolute atomic E-state index is 13.3. The molecule has 2 aromatic carbocycles. The lowest BCUT2D eigenvalue weighted by Gasteiger charge is -2.23. The van der Waals surface area contributed by atoms with E-state index < -0.39 is 0 Å². The predicted molar refractivity (Wildman–Crippen MR) is 131 cm³/mol. The monoisotopic (exact) mass is 449 g/mol. The summed E-state index contributed by atoms with van der Waals surface area (Å²) >= 11 is 1.70. The van der Waals surface area contributed by atoms with Gasteiger partial charge >= 0.3 is 6.03 Å². The second-order valence-corrected chi connectivity index (χ2v) is 8.40. The number of urea groups is 1. The predicted octanol–water partition coefficient (Wildman–Crippen LogP) is 5.60. The van der Waals surface area contributed by atoms with Gasteiger partial charge in [-0.3, -0.25) is 0 Å². The second-order valence-electron chi connectivity index (χ2n) is 7.46. The van der Waals surface area contributed by atoms with Crippen LogP contribution in [0.4, 0.5) is 10.5 Å². The number of hydrogen-bond donors (Lipinski definition) is 1. The van der Waals surface area contributed by atoms with E-state index in [1.807, 2.05) is 30.3 Å². The molecular weight excluding hydrogens is 422 g/mol. The van der Waals surface area contributed by atoms with Gasteiger partial charge in [0.2, 0.25) is 0 Å². The highest BCUT2D eigenvalue weighted by Crippen LogP contribution is 2.36. The third kappa shape index (κ3) is 4.49. The molecule has 0 atom stereocenters. The number of hydrogen-bond acceptors (Lipinski definition) is 4. The molecule has 0 spiro atoms. The van der Waals surface area contributed by atoms with Gasteiger partial charge in [-0.1, -0.05) is 30.3 Å². The van der Waals surface area contributed by atoms with E-state index in [-0.39, 0.29) is 6.03 Å². The molecule has 1 N–H and O–H groups in total. The van der Waals surface area contributed by atoms with Crippen LogP contribution >= 0.6 is 11.3 Å². The number of anilines is 1. The number of amides is 2.